The van der Waals surface area contributed by atoms with Gasteiger partial charge in [-0.3, -0.25) is 9.59 Å². The SMILES string of the molecule is CN(C(=O)c1cccc(S(=O)(=O)N2CCNC(=O)C2)c1)c1ccc(Br)cc1Cl. The second-order valence-electron chi connectivity index (χ2n) is 6.18. The quantitative estimate of drug-likeness (QED) is 0.719. The highest BCUT2D eigenvalue weighted by atomic mass is 79.9. The predicted molar refractivity (Wildman–Crippen MR) is 110 cm³/mol. The Morgan fingerprint density at radius 3 is 2.68 bits per heavy atom. The molecule has 2 amide bonds. The maximum atomic E-state index is 12.9. The van der Waals surface area contributed by atoms with Gasteiger partial charge in [-0.1, -0.05) is 33.6 Å². The van der Waals surface area contributed by atoms with Gasteiger partial charge in [0, 0.05) is 30.2 Å². The summed E-state index contributed by atoms with van der Waals surface area (Å²) in [6, 6.07) is 10.9. The van der Waals surface area contributed by atoms with Gasteiger partial charge in [0.2, 0.25) is 15.9 Å². The van der Waals surface area contributed by atoms with Crippen LogP contribution in [-0.2, 0) is 14.8 Å². The number of sulfonamides is 1. The lowest BCUT2D eigenvalue weighted by Crippen LogP contribution is -2.49. The van der Waals surface area contributed by atoms with Crippen LogP contribution in [0.4, 0.5) is 5.69 Å². The van der Waals surface area contributed by atoms with Crippen LogP contribution >= 0.6 is 27.5 Å². The van der Waals surface area contributed by atoms with Crippen molar-refractivity contribution in [3.8, 4) is 0 Å². The van der Waals surface area contributed by atoms with E-state index in [0.717, 1.165) is 8.78 Å². The number of halogens is 2. The summed E-state index contributed by atoms with van der Waals surface area (Å²) in [7, 11) is -2.32. The monoisotopic (exact) mass is 485 g/mol. The molecule has 10 heteroatoms. The van der Waals surface area contributed by atoms with Gasteiger partial charge in [-0.25, -0.2) is 8.42 Å². The first-order chi connectivity index (χ1) is 13.2. The van der Waals surface area contributed by atoms with Crippen LogP contribution < -0.4 is 10.2 Å². The molecule has 0 radical (unpaired) electrons. The van der Waals surface area contributed by atoms with E-state index < -0.39 is 15.9 Å². The van der Waals surface area contributed by atoms with Crippen molar-refractivity contribution < 1.29 is 18.0 Å². The van der Waals surface area contributed by atoms with E-state index in [1.165, 1.54) is 29.2 Å². The van der Waals surface area contributed by atoms with Gasteiger partial charge in [0.05, 0.1) is 22.2 Å². The molecule has 1 heterocycles. The van der Waals surface area contributed by atoms with E-state index in [-0.39, 0.29) is 36.0 Å². The second kappa shape index (κ2) is 8.20. The van der Waals surface area contributed by atoms with E-state index >= 15 is 0 Å². The third kappa shape index (κ3) is 4.22. The average Bonchev–Trinajstić information content (AvgIpc) is 2.67. The number of rotatable bonds is 4. The second-order valence-corrected chi connectivity index (χ2v) is 9.44. The Kier molecular flexibility index (Phi) is 6.09. The van der Waals surface area contributed by atoms with Gasteiger partial charge in [-0.15, -0.1) is 0 Å². The molecule has 0 saturated carbocycles. The average molecular weight is 487 g/mol. The number of hydrogen-bond acceptors (Lipinski definition) is 4. The summed E-state index contributed by atoms with van der Waals surface area (Å²) in [6.07, 6.45) is 0. The van der Waals surface area contributed by atoms with Gasteiger partial charge in [0.1, 0.15) is 0 Å². The van der Waals surface area contributed by atoms with E-state index in [1.807, 2.05) is 0 Å². The minimum absolute atomic E-state index is 0.0386. The molecular formula is C18H17BrClN3O4S. The van der Waals surface area contributed by atoms with Crippen LogP contribution in [0, 0.1) is 0 Å². The summed E-state index contributed by atoms with van der Waals surface area (Å²) in [6.45, 7) is 0.192. The van der Waals surface area contributed by atoms with Crippen molar-refractivity contribution in [1.82, 2.24) is 9.62 Å². The molecule has 28 heavy (non-hydrogen) atoms. The van der Waals surface area contributed by atoms with Crippen molar-refractivity contribution >= 4 is 55.1 Å². The molecule has 0 atom stereocenters. The Hall–Kier alpha value is -1.94. The molecule has 2 aromatic carbocycles. The van der Waals surface area contributed by atoms with E-state index in [9.17, 15) is 18.0 Å². The van der Waals surface area contributed by atoms with Crippen molar-refractivity contribution in [2.45, 2.75) is 4.90 Å². The third-order valence-corrected chi connectivity index (χ3v) is 6.93. The Labute approximate surface area is 176 Å². The number of carbonyl (C=O) groups is 2. The number of nitrogens with one attached hydrogen (secondary N) is 1. The van der Waals surface area contributed by atoms with Crippen LogP contribution in [0.3, 0.4) is 0 Å². The van der Waals surface area contributed by atoms with Crippen molar-refractivity contribution in [3.63, 3.8) is 0 Å². The van der Waals surface area contributed by atoms with Crippen molar-refractivity contribution in [2.24, 2.45) is 0 Å². The van der Waals surface area contributed by atoms with Gasteiger partial charge in [0.25, 0.3) is 5.91 Å². The number of carbonyl (C=O) groups excluding carboxylic acids is 2. The molecule has 0 bridgehead atoms. The van der Waals surface area contributed by atoms with Gasteiger partial charge >= 0.3 is 0 Å². The fraction of sp³-hybridized carbons (Fsp3) is 0.222. The summed E-state index contributed by atoms with van der Waals surface area (Å²) in [5, 5.41) is 2.97. The standard InChI is InChI=1S/C18H17BrClN3O4S/c1-22(16-6-5-13(19)10-15(16)20)18(25)12-3-2-4-14(9-12)28(26,27)23-8-7-21-17(24)11-23/h2-6,9-10H,7-8,11H2,1H3,(H,21,24). The first-order valence-electron chi connectivity index (χ1n) is 8.30. The minimum atomic E-state index is -3.89. The van der Waals surface area contributed by atoms with Crippen LogP contribution in [0.15, 0.2) is 51.8 Å². The molecule has 1 fully saturated rings. The van der Waals surface area contributed by atoms with Gasteiger partial charge in [-0.2, -0.15) is 4.31 Å². The van der Waals surface area contributed by atoms with Crippen LogP contribution in [-0.4, -0.2) is 51.2 Å². The van der Waals surface area contributed by atoms with Crippen LogP contribution in [0.25, 0.3) is 0 Å². The molecule has 148 valence electrons. The van der Waals surface area contributed by atoms with E-state index in [0.29, 0.717) is 10.7 Å². The Morgan fingerprint density at radius 2 is 2.00 bits per heavy atom. The normalized spacial score (nSPS) is 15.2. The first-order valence-corrected chi connectivity index (χ1v) is 10.9. The lowest BCUT2D eigenvalue weighted by Gasteiger charge is -2.26. The third-order valence-electron chi connectivity index (χ3n) is 4.30. The lowest BCUT2D eigenvalue weighted by molar-refractivity contribution is -0.122. The molecule has 7 nitrogen and oxygen atoms in total. The smallest absolute Gasteiger partial charge is 0.258 e. The summed E-state index contributed by atoms with van der Waals surface area (Å²) < 4.78 is 27.5. The highest BCUT2D eigenvalue weighted by molar-refractivity contribution is 9.10. The number of piperazine rings is 1. The number of nitrogens with zero attached hydrogens (tertiary/aromatic N) is 2. The molecule has 0 unspecified atom stereocenters. The van der Waals surface area contributed by atoms with Crippen molar-refractivity contribution in [1.29, 1.82) is 0 Å². The minimum Gasteiger partial charge on any atom is -0.354 e. The zero-order valence-corrected chi connectivity index (χ0v) is 18.0. The van der Waals surface area contributed by atoms with E-state index in [1.54, 1.807) is 25.2 Å². The Bertz CT molecular complexity index is 1040. The summed E-state index contributed by atoms with van der Waals surface area (Å²) in [5.41, 5.74) is 0.694. The summed E-state index contributed by atoms with van der Waals surface area (Å²) in [4.78, 5) is 25.7. The molecule has 2 aromatic rings. The number of hydrogen-bond donors (Lipinski definition) is 1. The fourth-order valence-electron chi connectivity index (χ4n) is 2.82. The Morgan fingerprint density at radius 1 is 1.25 bits per heavy atom. The molecular weight excluding hydrogens is 470 g/mol. The Balaban J connectivity index is 1.90. The first kappa shape index (κ1) is 20.8. The van der Waals surface area contributed by atoms with E-state index in [2.05, 4.69) is 21.2 Å². The zero-order chi connectivity index (χ0) is 20.5. The summed E-state index contributed by atoms with van der Waals surface area (Å²) in [5.74, 6) is -0.760. The van der Waals surface area contributed by atoms with Crippen LogP contribution in [0.1, 0.15) is 10.4 Å². The largest absolute Gasteiger partial charge is 0.354 e. The zero-order valence-electron chi connectivity index (χ0n) is 14.9. The fourth-order valence-corrected chi connectivity index (χ4v) is 5.06. The highest BCUT2D eigenvalue weighted by Gasteiger charge is 2.30. The summed E-state index contributed by atoms with van der Waals surface area (Å²) >= 11 is 9.52. The topological polar surface area (TPSA) is 86.8 Å². The molecule has 0 aliphatic carbocycles. The molecule has 1 N–H and O–H groups in total. The number of anilines is 1. The van der Waals surface area contributed by atoms with Gasteiger partial charge in [0.15, 0.2) is 0 Å². The predicted octanol–water partition coefficient (Wildman–Crippen LogP) is 2.50. The van der Waals surface area contributed by atoms with Crippen molar-refractivity contribution in [3.05, 3.63) is 57.5 Å². The highest BCUT2D eigenvalue weighted by Crippen LogP contribution is 2.29. The molecule has 0 aromatic heterocycles. The lowest BCUT2D eigenvalue weighted by atomic mass is 10.2. The van der Waals surface area contributed by atoms with Crippen LogP contribution in [0.5, 0.6) is 0 Å². The number of amides is 2. The van der Waals surface area contributed by atoms with Gasteiger partial charge in [-0.05, 0) is 36.4 Å². The maximum absolute atomic E-state index is 12.9. The van der Waals surface area contributed by atoms with Gasteiger partial charge < -0.3 is 10.2 Å². The molecule has 1 aliphatic rings. The molecule has 3 rings (SSSR count). The molecule has 1 saturated heterocycles. The molecule has 0 spiro atoms. The van der Waals surface area contributed by atoms with E-state index in [4.69, 9.17) is 11.6 Å². The van der Waals surface area contributed by atoms with Crippen LogP contribution in [0.2, 0.25) is 5.02 Å². The van der Waals surface area contributed by atoms with Crippen molar-refractivity contribution in [2.75, 3.05) is 31.6 Å². The maximum Gasteiger partial charge on any atom is 0.258 e. The molecule has 1 aliphatic heterocycles. The number of benzene rings is 2.